The third kappa shape index (κ3) is 3.83. The zero-order chi connectivity index (χ0) is 22.9. The standard InChI is InChI=1S/C22H16FN3O5S/c1-31-18-9-11-19(12-10-18)32(29,30)21-20(14-5-7-16(23)8-6-14)26(25-24-21)17-4-2-3-15(13-17)22(27)28/h2-13H,1H3,(H,27,28). The van der Waals surface area contributed by atoms with E-state index in [1.807, 2.05) is 0 Å². The number of sulfone groups is 1. The third-order valence-electron chi connectivity index (χ3n) is 4.72. The average Bonchev–Trinajstić information content (AvgIpc) is 3.26. The number of ether oxygens (including phenoxy) is 1. The van der Waals surface area contributed by atoms with Crippen molar-refractivity contribution in [3.8, 4) is 22.7 Å². The Bertz CT molecular complexity index is 1400. The molecular weight excluding hydrogens is 437 g/mol. The highest BCUT2D eigenvalue weighted by Crippen LogP contribution is 2.32. The number of aromatic carboxylic acids is 1. The monoisotopic (exact) mass is 453 g/mol. The predicted molar refractivity (Wildman–Crippen MR) is 112 cm³/mol. The number of hydrogen-bond acceptors (Lipinski definition) is 6. The lowest BCUT2D eigenvalue weighted by Crippen LogP contribution is -2.06. The molecule has 4 rings (SSSR count). The molecule has 0 atom stereocenters. The molecule has 0 aliphatic heterocycles. The maximum absolute atomic E-state index is 13.5. The first-order valence-electron chi connectivity index (χ1n) is 9.26. The molecule has 0 aliphatic carbocycles. The molecule has 3 aromatic carbocycles. The molecule has 8 nitrogen and oxygen atoms in total. The highest BCUT2D eigenvalue weighted by Gasteiger charge is 2.29. The molecule has 162 valence electrons. The molecule has 10 heteroatoms. The number of nitrogens with zero attached hydrogens (tertiary/aromatic N) is 3. The van der Waals surface area contributed by atoms with Crippen molar-refractivity contribution >= 4 is 15.8 Å². The van der Waals surface area contributed by atoms with Crippen LogP contribution in [0.2, 0.25) is 0 Å². The molecular formula is C22H16FN3O5S. The minimum atomic E-state index is -4.13. The van der Waals surface area contributed by atoms with E-state index in [9.17, 15) is 22.7 Å². The van der Waals surface area contributed by atoms with Crippen LogP contribution in [-0.4, -0.2) is 41.6 Å². The lowest BCUT2D eigenvalue weighted by molar-refractivity contribution is 0.0697. The summed E-state index contributed by atoms with van der Waals surface area (Å²) in [6.45, 7) is 0. The Morgan fingerprint density at radius 3 is 2.34 bits per heavy atom. The fourth-order valence-electron chi connectivity index (χ4n) is 3.12. The molecule has 0 saturated carbocycles. The van der Waals surface area contributed by atoms with E-state index in [4.69, 9.17) is 4.74 Å². The van der Waals surface area contributed by atoms with Gasteiger partial charge in [0.15, 0.2) is 0 Å². The Kier molecular flexibility index (Phi) is 5.45. The van der Waals surface area contributed by atoms with Gasteiger partial charge in [-0.1, -0.05) is 11.3 Å². The van der Waals surface area contributed by atoms with Crippen molar-refractivity contribution in [3.63, 3.8) is 0 Å². The molecule has 0 spiro atoms. The Balaban J connectivity index is 1.95. The summed E-state index contributed by atoms with van der Waals surface area (Å²) in [7, 11) is -2.66. The average molecular weight is 453 g/mol. The van der Waals surface area contributed by atoms with Gasteiger partial charge in [-0.2, -0.15) is 0 Å². The number of rotatable bonds is 6. The maximum Gasteiger partial charge on any atom is 0.335 e. The van der Waals surface area contributed by atoms with Gasteiger partial charge in [-0.25, -0.2) is 22.3 Å². The first kappa shape index (κ1) is 21.2. The normalized spacial score (nSPS) is 11.3. The maximum atomic E-state index is 13.5. The highest BCUT2D eigenvalue weighted by molar-refractivity contribution is 7.91. The Morgan fingerprint density at radius 2 is 1.72 bits per heavy atom. The number of aromatic nitrogens is 3. The molecule has 1 heterocycles. The molecule has 0 fully saturated rings. The first-order valence-corrected chi connectivity index (χ1v) is 10.7. The van der Waals surface area contributed by atoms with E-state index >= 15 is 0 Å². The Hall–Kier alpha value is -4.05. The SMILES string of the molecule is COc1ccc(S(=O)(=O)c2nnn(-c3cccc(C(=O)O)c3)c2-c2ccc(F)cc2)cc1. The van der Waals surface area contributed by atoms with E-state index in [0.717, 1.165) is 0 Å². The van der Waals surface area contributed by atoms with Gasteiger partial charge in [-0.05, 0) is 66.7 Å². The molecule has 4 aromatic rings. The first-order chi connectivity index (χ1) is 15.3. The van der Waals surface area contributed by atoms with E-state index in [1.165, 1.54) is 78.5 Å². The van der Waals surface area contributed by atoms with Gasteiger partial charge in [0.25, 0.3) is 0 Å². The minimum Gasteiger partial charge on any atom is -0.497 e. The Morgan fingerprint density at radius 1 is 1.03 bits per heavy atom. The molecule has 0 bridgehead atoms. The van der Waals surface area contributed by atoms with Crippen LogP contribution in [0, 0.1) is 5.82 Å². The molecule has 1 aromatic heterocycles. The smallest absolute Gasteiger partial charge is 0.335 e. The van der Waals surface area contributed by atoms with Crippen LogP contribution < -0.4 is 4.74 Å². The van der Waals surface area contributed by atoms with Gasteiger partial charge in [-0.15, -0.1) is 5.10 Å². The molecule has 0 saturated heterocycles. The predicted octanol–water partition coefficient (Wildman–Crippen LogP) is 3.61. The van der Waals surface area contributed by atoms with Crippen LogP contribution in [0.3, 0.4) is 0 Å². The van der Waals surface area contributed by atoms with Crippen LogP contribution in [0.25, 0.3) is 16.9 Å². The van der Waals surface area contributed by atoms with Crippen LogP contribution in [0.1, 0.15) is 10.4 Å². The van der Waals surface area contributed by atoms with Crippen molar-refractivity contribution in [1.82, 2.24) is 15.0 Å². The van der Waals surface area contributed by atoms with Crippen LogP contribution in [-0.2, 0) is 9.84 Å². The zero-order valence-electron chi connectivity index (χ0n) is 16.6. The summed E-state index contributed by atoms with van der Waals surface area (Å²) >= 11 is 0. The summed E-state index contributed by atoms with van der Waals surface area (Å²) in [5.41, 5.74) is 0.683. The third-order valence-corrected chi connectivity index (χ3v) is 6.40. The number of hydrogen-bond donors (Lipinski definition) is 1. The fraction of sp³-hybridized carbons (Fsp3) is 0.0455. The van der Waals surface area contributed by atoms with Crippen molar-refractivity contribution in [2.45, 2.75) is 9.92 Å². The number of benzene rings is 3. The molecule has 0 unspecified atom stereocenters. The highest BCUT2D eigenvalue weighted by atomic mass is 32.2. The van der Waals surface area contributed by atoms with Gasteiger partial charge < -0.3 is 9.84 Å². The largest absolute Gasteiger partial charge is 0.497 e. The summed E-state index contributed by atoms with van der Waals surface area (Å²) in [4.78, 5) is 11.4. The van der Waals surface area contributed by atoms with Crippen molar-refractivity contribution in [2.24, 2.45) is 0 Å². The molecule has 1 N–H and O–H groups in total. The van der Waals surface area contributed by atoms with Gasteiger partial charge in [0.2, 0.25) is 14.9 Å². The second-order valence-corrected chi connectivity index (χ2v) is 8.56. The molecule has 32 heavy (non-hydrogen) atoms. The summed E-state index contributed by atoms with van der Waals surface area (Å²) in [6, 6.07) is 16.8. The molecule has 0 radical (unpaired) electrons. The second-order valence-electron chi connectivity index (χ2n) is 6.70. The van der Waals surface area contributed by atoms with Gasteiger partial charge in [-0.3, -0.25) is 0 Å². The minimum absolute atomic E-state index is 0.0115. The van der Waals surface area contributed by atoms with Crippen molar-refractivity contribution in [1.29, 1.82) is 0 Å². The van der Waals surface area contributed by atoms with E-state index in [1.54, 1.807) is 6.07 Å². The fourth-order valence-corrected chi connectivity index (χ4v) is 4.44. The number of halogens is 1. The lowest BCUT2D eigenvalue weighted by Gasteiger charge is -2.10. The molecule has 0 amide bonds. The lowest BCUT2D eigenvalue weighted by atomic mass is 10.1. The van der Waals surface area contributed by atoms with E-state index < -0.39 is 21.6 Å². The zero-order valence-corrected chi connectivity index (χ0v) is 17.5. The van der Waals surface area contributed by atoms with Crippen molar-refractivity contribution in [3.05, 3.63) is 84.2 Å². The summed E-state index contributed by atoms with van der Waals surface area (Å²) in [5, 5.41) is 16.9. The van der Waals surface area contributed by atoms with Crippen LogP contribution in [0.15, 0.2) is 82.7 Å². The van der Waals surface area contributed by atoms with Crippen molar-refractivity contribution < 1.29 is 27.4 Å². The van der Waals surface area contributed by atoms with E-state index in [2.05, 4.69) is 10.3 Å². The van der Waals surface area contributed by atoms with Crippen LogP contribution in [0.5, 0.6) is 5.75 Å². The molecule has 0 aliphatic rings. The number of carboxylic acids is 1. The van der Waals surface area contributed by atoms with Gasteiger partial charge in [0.05, 0.1) is 23.3 Å². The van der Waals surface area contributed by atoms with Crippen molar-refractivity contribution in [2.75, 3.05) is 7.11 Å². The van der Waals surface area contributed by atoms with Crippen LogP contribution >= 0.6 is 0 Å². The Labute approximate surface area is 182 Å². The topological polar surface area (TPSA) is 111 Å². The summed E-state index contributed by atoms with van der Waals surface area (Å²) in [5.74, 6) is -1.17. The summed E-state index contributed by atoms with van der Waals surface area (Å²) < 4.78 is 46.6. The number of carboxylic acid groups (broad SMARTS) is 1. The number of carbonyl (C=O) groups is 1. The van der Waals surface area contributed by atoms with Crippen LogP contribution in [0.4, 0.5) is 4.39 Å². The van der Waals surface area contributed by atoms with Gasteiger partial charge >= 0.3 is 5.97 Å². The number of methoxy groups -OCH3 is 1. The van der Waals surface area contributed by atoms with Gasteiger partial charge in [0, 0.05) is 5.56 Å². The van der Waals surface area contributed by atoms with Gasteiger partial charge in [0.1, 0.15) is 17.3 Å². The quantitative estimate of drug-likeness (QED) is 0.475. The summed E-state index contributed by atoms with van der Waals surface area (Å²) in [6.07, 6.45) is 0. The second kappa shape index (κ2) is 8.23. The van der Waals surface area contributed by atoms with E-state index in [-0.39, 0.29) is 26.9 Å². The van der Waals surface area contributed by atoms with E-state index in [0.29, 0.717) is 11.3 Å².